The molecule has 0 spiro atoms. The Balaban J connectivity index is 1.53. The van der Waals surface area contributed by atoms with Gasteiger partial charge < -0.3 is 14.1 Å². The molecule has 0 radical (unpaired) electrons. The zero-order chi connectivity index (χ0) is 13.8. The Bertz CT molecular complexity index is 510. The lowest BCUT2D eigenvalue weighted by atomic mass is 9.98. The van der Waals surface area contributed by atoms with Crippen LogP contribution in [0.1, 0.15) is 12.8 Å². The van der Waals surface area contributed by atoms with Gasteiger partial charge in [0.25, 0.3) is 0 Å². The maximum Gasteiger partial charge on any atom is 0.133 e. The van der Waals surface area contributed by atoms with E-state index in [2.05, 4.69) is 11.9 Å². The first-order valence-corrected chi connectivity index (χ1v) is 7.26. The van der Waals surface area contributed by atoms with E-state index in [0.717, 1.165) is 23.7 Å². The molecule has 1 saturated heterocycles. The Labute approximate surface area is 120 Å². The number of piperidine rings is 1. The van der Waals surface area contributed by atoms with Gasteiger partial charge in [-0.1, -0.05) is 0 Å². The highest BCUT2D eigenvalue weighted by Gasteiger charge is 2.17. The molecule has 0 bridgehead atoms. The van der Waals surface area contributed by atoms with E-state index in [1.54, 1.807) is 6.26 Å². The number of benzene rings is 1. The van der Waals surface area contributed by atoms with Gasteiger partial charge in [0.15, 0.2) is 0 Å². The normalized spacial score (nSPS) is 17.2. The number of furan rings is 1. The highest BCUT2D eigenvalue weighted by molar-refractivity contribution is 5.58. The van der Waals surface area contributed by atoms with Crippen LogP contribution in [-0.2, 0) is 0 Å². The third-order valence-electron chi connectivity index (χ3n) is 3.98. The second-order valence-electron chi connectivity index (χ2n) is 5.56. The van der Waals surface area contributed by atoms with Crippen molar-refractivity contribution in [2.45, 2.75) is 12.8 Å². The molecule has 1 aliphatic heterocycles. The molecule has 0 saturated carbocycles. The molecule has 2 aromatic rings. The van der Waals surface area contributed by atoms with E-state index < -0.39 is 0 Å². The first-order chi connectivity index (χ1) is 9.81. The molecular weight excluding hydrogens is 250 g/mol. The van der Waals surface area contributed by atoms with Crippen LogP contribution in [0.25, 0.3) is 11.3 Å². The molecule has 3 rings (SSSR count). The largest absolute Gasteiger partial charge is 0.493 e. The Morgan fingerprint density at radius 1 is 1.15 bits per heavy atom. The summed E-state index contributed by atoms with van der Waals surface area (Å²) in [5, 5.41) is 0. The van der Waals surface area contributed by atoms with Crippen LogP contribution in [0.5, 0.6) is 5.75 Å². The first kappa shape index (κ1) is 13.3. The number of hydrogen-bond acceptors (Lipinski definition) is 3. The Morgan fingerprint density at radius 3 is 2.55 bits per heavy atom. The Kier molecular flexibility index (Phi) is 4.07. The van der Waals surface area contributed by atoms with Crippen molar-refractivity contribution in [2.24, 2.45) is 5.92 Å². The summed E-state index contributed by atoms with van der Waals surface area (Å²) < 4.78 is 11.3. The van der Waals surface area contributed by atoms with Crippen LogP contribution in [0.2, 0.25) is 0 Å². The molecule has 1 fully saturated rings. The molecule has 106 valence electrons. The smallest absolute Gasteiger partial charge is 0.133 e. The van der Waals surface area contributed by atoms with Crippen molar-refractivity contribution in [3.63, 3.8) is 0 Å². The number of ether oxygens (including phenoxy) is 1. The fourth-order valence-corrected chi connectivity index (χ4v) is 2.60. The van der Waals surface area contributed by atoms with Crippen molar-refractivity contribution in [1.29, 1.82) is 0 Å². The summed E-state index contributed by atoms with van der Waals surface area (Å²) >= 11 is 0. The average Bonchev–Trinajstić information content (AvgIpc) is 3.01. The van der Waals surface area contributed by atoms with Gasteiger partial charge in [0.05, 0.1) is 12.9 Å². The third kappa shape index (κ3) is 3.23. The van der Waals surface area contributed by atoms with Crippen molar-refractivity contribution in [3.8, 4) is 17.1 Å². The molecule has 1 aromatic heterocycles. The van der Waals surface area contributed by atoms with Gasteiger partial charge in [-0.05, 0) is 75.3 Å². The lowest BCUT2D eigenvalue weighted by molar-refractivity contribution is 0.160. The second kappa shape index (κ2) is 6.14. The van der Waals surface area contributed by atoms with Crippen molar-refractivity contribution in [2.75, 3.05) is 26.7 Å². The summed E-state index contributed by atoms with van der Waals surface area (Å²) in [5.41, 5.74) is 1.08. The van der Waals surface area contributed by atoms with Crippen LogP contribution in [0.15, 0.2) is 47.1 Å². The minimum absolute atomic E-state index is 0.691. The molecule has 3 heteroatoms. The number of likely N-dealkylation sites (tertiary alicyclic amines) is 1. The van der Waals surface area contributed by atoms with E-state index in [9.17, 15) is 0 Å². The summed E-state index contributed by atoms with van der Waals surface area (Å²) in [6, 6.07) is 12.0. The van der Waals surface area contributed by atoms with Gasteiger partial charge >= 0.3 is 0 Å². The third-order valence-corrected chi connectivity index (χ3v) is 3.98. The lowest BCUT2D eigenvalue weighted by Gasteiger charge is -2.28. The maximum atomic E-state index is 5.90. The summed E-state index contributed by atoms with van der Waals surface area (Å²) in [6.07, 6.45) is 4.17. The van der Waals surface area contributed by atoms with Crippen LogP contribution in [-0.4, -0.2) is 31.6 Å². The van der Waals surface area contributed by atoms with Crippen molar-refractivity contribution < 1.29 is 9.15 Å². The SMILES string of the molecule is CN1CCC(COc2ccc(-c3ccco3)cc2)CC1. The quantitative estimate of drug-likeness (QED) is 0.848. The number of nitrogens with zero attached hydrogens (tertiary/aromatic N) is 1. The summed E-state index contributed by atoms with van der Waals surface area (Å²) in [5.74, 6) is 2.53. The molecule has 1 aliphatic rings. The van der Waals surface area contributed by atoms with Crippen molar-refractivity contribution >= 4 is 0 Å². The first-order valence-electron chi connectivity index (χ1n) is 7.26. The fourth-order valence-electron chi connectivity index (χ4n) is 2.60. The topological polar surface area (TPSA) is 25.6 Å². The van der Waals surface area contributed by atoms with E-state index in [-0.39, 0.29) is 0 Å². The zero-order valence-corrected chi connectivity index (χ0v) is 11.9. The van der Waals surface area contributed by atoms with Crippen molar-refractivity contribution in [1.82, 2.24) is 4.90 Å². The molecular formula is C17H21NO2. The van der Waals surface area contributed by atoms with E-state index in [1.807, 2.05) is 36.4 Å². The van der Waals surface area contributed by atoms with Gasteiger partial charge in [0, 0.05) is 5.56 Å². The average molecular weight is 271 g/mol. The van der Waals surface area contributed by atoms with Gasteiger partial charge in [-0.25, -0.2) is 0 Å². The number of hydrogen-bond donors (Lipinski definition) is 0. The molecule has 1 aromatic carbocycles. The molecule has 0 aliphatic carbocycles. The predicted molar refractivity (Wildman–Crippen MR) is 79.9 cm³/mol. The van der Waals surface area contributed by atoms with Crippen LogP contribution in [0.3, 0.4) is 0 Å². The lowest BCUT2D eigenvalue weighted by Crippen LogP contribution is -2.32. The molecule has 0 unspecified atom stereocenters. The van der Waals surface area contributed by atoms with Gasteiger partial charge in [-0.15, -0.1) is 0 Å². The summed E-state index contributed by atoms with van der Waals surface area (Å²) in [7, 11) is 2.18. The molecule has 0 N–H and O–H groups in total. The number of rotatable bonds is 4. The zero-order valence-electron chi connectivity index (χ0n) is 11.9. The molecule has 0 amide bonds. The molecule has 2 heterocycles. The van der Waals surface area contributed by atoms with Gasteiger partial charge in [-0.2, -0.15) is 0 Å². The monoisotopic (exact) mass is 271 g/mol. The van der Waals surface area contributed by atoms with Crippen LogP contribution in [0.4, 0.5) is 0 Å². The standard InChI is InChI=1S/C17H21NO2/c1-18-10-8-14(9-11-18)13-20-16-6-4-15(5-7-16)17-3-2-12-19-17/h2-7,12,14H,8-11,13H2,1H3. The van der Waals surface area contributed by atoms with Gasteiger partial charge in [0.1, 0.15) is 11.5 Å². The molecule has 0 atom stereocenters. The highest BCUT2D eigenvalue weighted by atomic mass is 16.5. The maximum absolute atomic E-state index is 5.90. The minimum Gasteiger partial charge on any atom is -0.493 e. The second-order valence-corrected chi connectivity index (χ2v) is 5.56. The fraction of sp³-hybridized carbons (Fsp3) is 0.412. The Hall–Kier alpha value is -1.74. The van der Waals surface area contributed by atoms with E-state index >= 15 is 0 Å². The highest BCUT2D eigenvalue weighted by Crippen LogP contribution is 2.24. The summed E-state index contributed by atoms with van der Waals surface area (Å²) in [6.45, 7) is 3.20. The van der Waals surface area contributed by atoms with Crippen LogP contribution >= 0.6 is 0 Å². The van der Waals surface area contributed by atoms with Gasteiger partial charge in [-0.3, -0.25) is 0 Å². The van der Waals surface area contributed by atoms with E-state index in [0.29, 0.717) is 5.92 Å². The van der Waals surface area contributed by atoms with Crippen LogP contribution < -0.4 is 4.74 Å². The van der Waals surface area contributed by atoms with Crippen LogP contribution in [0, 0.1) is 5.92 Å². The molecule has 3 nitrogen and oxygen atoms in total. The summed E-state index contributed by atoms with van der Waals surface area (Å²) in [4.78, 5) is 2.38. The van der Waals surface area contributed by atoms with Gasteiger partial charge in [0.2, 0.25) is 0 Å². The minimum atomic E-state index is 0.691. The van der Waals surface area contributed by atoms with Crippen molar-refractivity contribution in [3.05, 3.63) is 42.7 Å². The predicted octanol–water partition coefficient (Wildman–Crippen LogP) is 3.67. The Morgan fingerprint density at radius 2 is 1.90 bits per heavy atom. The van der Waals surface area contributed by atoms with E-state index in [1.165, 1.54) is 25.9 Å². The van der Waals surface area contributed by atoms with E-state index in [4.69, 9.17) is 9.15 Å². The molecule has 20 heavy (non-hydrogen) atoms.